The summed E-state index contributed by atoms with van der Waals surface area (Å²) in [6, 6.07) is 16.8. The predicted molar refractivity (Wildman–Crippen MR) is 131 cm³/mol. The van der Waals surface area contributed by atoms with E-state index < -0.39 is 0 Å². The van der Waals surface area contributed by atoms with Crippen LogP contribution in [0.25, 0.3) is 0 Å². The first kappa shape index (κ1) is 22.4. The number of carbonyl (C=O) groups is 1. The fourth-order valence-electron chi connectivity index (χ4n) is 3.08. The maximum atomic E-state index is 12.3. The number of anilines is 5. The molecule has 0 unspecified atom stereocenters. The molecule has 1 aromatic heterocycles. The number of benzene rings is 2. The number of rotatable bonds is 8. The van der Waals surface area contributed by atoms with Gasteiger partial charge in [0.15, 0.2) is 0 Å². The lowest BCUT2D eigenvalue weighted by atomic mass is 10.3. The van der Waals surface area contributed by atoms with E-state index in [1.54, 1.807) is 11.8 Å². The number of carbonyl (C=O) groups excluding carboxylic acids is 1. The molecule has 0 aliphatic carbocycles. The van der Waals surface area contributed by atoms with Gasteiger partial charge in [-0.3, -0.25) is 0 Å². The molecule has 31 heavy (non-hydrogen) atoms. The molecule has 7 nitrogen and oxygen atoms in total. The van der Waals surface area contributed by atoms with Crippen molar-refractivity contribution in [2.24, 2.45) is 0 Å². The third kappa shape index (κ3) is 6.36. The van der Waals surface area contributed by atoms with Crippen LogP contribution in [-0.4, -0.2) is 35.3 Å². The molecule has 0 spiro atoms. The summed E-state index contributed by atoms with van der Waals surface area (Å²) in [6.45, 7) is 7.94. The first-order valence-electron chi connectivity index (χ1n) is 10.2. The molecule has 162 valence electrons. The molecule has 2 amide bonds. The average molecular weight is 437 g/mol. The lowest BCUT2D eigenvalue weighted by molar-refractivity contribution is 0.262. The van der Waals surface area contributed by atoms with Crippen molar-refractivity contribution in [1.29, 1.82) is 0 Å². The van der Waals surface area contributed by atoms with E-state index in [0.29, 0.717) is 11.6 Å². The van der Waals surface area contributed by atoms with Gasteiger partial charge in [-0.05, 0) is 69.5 Å². The Balaban J connectivity index is 1.63. The van der Waals surface area contributed by atoms with Gasteiger partial charge in [-0.2, -0.15) is 4.98 Å². The molecule has 0 radical (unpaired) electrons. The number of nitrogens with one attached hydrogen (secondary N) is 3. The molecule has 8 heteroatoms. The van der Waals surface area contributed by atoms with Crippen LogP contribution in [0.15, 0.2) is 59.5 Å². The van der Waals surface area contributed by atoms with Gasteiger partial charge in [0, 0.05) is 46.8 Å². The lowest BCUT2D eigenvalue weighted by Gasteiger charge is -2.20. The third-order valence-corrected chi connectivity index (χ3v) is 5.38. The molecular formula is C23H28N6OS. The van der Waals surface area contributed by atoms with Crippen LogP contribution in [0.3, 0.4) is 0 Å². The second kappa shape index (κ2) is 10.7. The first-order chi connectivity index (χ1) is 15.0. The zero-order chi connectivity index (χ0) is 22.2. The van der Waals surface area contributed by atoms with Crippen LogP contribution in [0, 0.1) is 6.92 Å². The number of nitrogens with zero attached hydrogens (tertiary/aromatic N) is 3. The third-order valence-electron chi connectivity index (χ3n) is 4.65. The van der Waals surface area contributed by atoms with Crippen molar-refractivity contribution in [3.63, 3.8) is 0 Å². The van der Waals surface area contributed by atoms with Gasteiger partial charge in [-0.1, -0.05) is 6.07 Å². The van der Waals surface area contributed by atoms with Gasteiger partial charge >= 0.3 is 6.03 Å². The molecule has 0 saturated heterocycles. The number of aromatic nitrogens is 2. The molecule has 2 aromatic carbocycles. The van der Waals surface area contributed by atoms with Crippen LogP contribution in [0.1, 0.15) is 19.5 Å². The van der Waals surface area contributed by atoms with Crippen molar-refractivity contribution in [2.75, 3.05) is 40.2 Å². The molecule has 0 fully saturated rings. The minimum atomic E-state index is -0.287. The second-order valence-corrected chi connectivity index (χ2v) is 7.76. The standard InChI is InChI=1S/C23H28N6OS/c1-5-29(6-2)21-14-16(3)24-22(28-21)25-17-10-12-18(13-11-17)26-23(30)27-19-8-7-9-20(15-19)31-4/h7-15H,5-6H2,1-4H3,(H,24,25,28)(H2,26,27,30). The van der Waals surface area contributed by atoms with Crippen molar-refractivity contribution in [3.05, 3.63) is 60.3 Å². The first-order valence-corrected chi connectivity index (χ1v) is 11.4. The number of amides is 2. The molecule has 0 saturated carbocycles. The van der Waals surface area contributed by atoms with Crippen molar-refractivity contribution in [2.45, 2.75) is 25.7 Å². The van der Waals surface area contributed by atoms with E-state index in [9.17, 15) is 4.79 Å². The SMILES string of the molecule is CCN(CC)c1cc(C)nc(Nc2ccc(NC(=O)Nc3cccc(SC)c3)cc2)n1. The normalized spacial score (nSPS) is 10.5. The highest BCUT2D eigenvalue weighted by molar-refractivity contribution is 7.98. The molecule has 0 aliphatic rings. The number of hydrogen-bond acceptors (Lipinski definition) is 6. The monoisotopic (exact) mass is 436 g/mol. The fraction of sp³-hybridized carbons (Fsp3) is 0.261. The molecule has 1 heterocycles. The van der Waals surface area contributed by atoms with Crippen LogP contribution in [0.4, 0.5) is 33.6 Å². The lowest BCUT2D eigenvalue weighted by Crippen LogP contribution is -2.23. The Bertz CT molecular complexity index is 1020. The number of hydrogen-bond donors (Lipinski definition) is 3. The van der Waals surface area contributed by atoms with Crippen LogP contribution >= 0.6 is 11.8 Å². The highest BCUT2D eigenvalue weighted by Crippen LogP contribution is 2.21. The van der Waals surface area contributed by atoms with Crippen LogP contribution in [0.5, 0.6) is 0 Å². The van der Waals surface area contributed by atoms with Crippen molar-refractivity contribution < 1.29 is 4.79 Å². The summed E-state index contributed by atoms with van der Waals surface area (Å²) in [4.78, 5) is 24.7. The van der Waals surface area contributed by atoms with E-state index >= 15 is 0 Å². The largest absolute Gasteiger partial charge is 0.357 e. The summed E-state index contributed by atoms with van der Waals surface area (Å²) >= 11 is 1.63. The number of aryl methyl sites for hydroxylation is 1. The van der Waals surface area contributed by atoms with Gasteiger partial charge in [-0.15, -0.1) is 11.8 Å². The fourth-order valence-corrected chi connectivity index (χ4v) is 3.54. The summed E-state index contributed by atoms with van der Waals surface area (Å²) in [5.74, 6) is 1.45. The minimum absolute atomic E-state index is 0.287. The van der Waals surface area contributed by atoms with Crippen molar-refractivity contribution in [1.82, 2.24) is 9.97 Å². The van der Waals surface area contributed by atoms with Gasteiger partial charge < -0.3 is 20.9 Å². The Labute approximate surface area is 187 Å². The zero-order valence-corrected chi connectivity index (χ0v) is 19.1. The summed E-state index contributed by atoms with van der Waals surface area (Å²) in [5, 5.41) is 8.94. The van der Waals surface area contributed by atoms with Crippen molar-refractivity contribution >= 4 is 46.6 Å². The van der Waals surface area contributed by atoms with E-state index in [-0.39, 0.29) is 6.03 Å². The smallest absolute Gasteiger partial charge is 0.323 e. The van der Waals surface area contributed by atoms with Crippen LogP contribution in [0.2, 0.25) is 0 Å². The van der Waals surface area contributed by atoms with E-state index in [1.807, 2.05) is 67.8 Å². The average Bonchev–Trinajstić information content (AvgIpc) is 2.76. The van der Waals surface area contributed by atoms with Gasteiger partial charge in [0.2, 0.25) is 5.95 Å². The summed E-state index contributed by atoms with van der Waals surface area (Å²) in [6.07, 6.45) is 2.00. The summed E-state index contributed by atoms with van der Waals surface area (Å²) < 4.78 is 0. The van der Waals surface area contributed by atoms with Crippen LogP contribution < -0.4 is 20.9 Å². The molecule has 3 N–H and O–H groups in total. The van der Waals surface area contributed by atoms with E-state index in [0.717, 1.165) is 40.9 Å². The van der Waals surface area contributed by atoms with Gasteiger partial charge in [0.05, 0.1) is 0 Å². The zero-order valence-electron chi connectivity index (χ0n) is 18.3. The van der Waals surface area contributed by atoms with Gasteiger partial charge in [0.25, 0.3) is 0 Å². The van der Waals surface area contributed by atoms with E-state index in [1.165, 1.54) is 0 Å². The highest BCUT2D eigenvalue weighted by Gasteiger charge is 2.08. The molecule has 0 aliphatic heterocycles. The quantitative estimate of drug-likeness (QED) is 0.391. The van der Waals surface area contributed by atoms with Gasteiger partial charge in [0.1, 0.15) is 5.82 Å². The second-order valence-electron chi connectivity index (χ2n) is 6.88. The predicted octanol–water partition coefficient (Wildman–Crippen LogP) is 5.74. The van der Waals surface area contributed by atoms with Crippen LogP contribution in [-0.2, 0) is 0 Å². The van der Waals surface area contributed by atoms with E-state index in [2.05, 4.69) is 44.7 Å². The Morgan fingerprint density at radius 2 is 1.61 bits per heavy atom. The Morgan fingerprint density at radius 1 is 0.935 bits per heavy atom. The molecule has 0 bridgehead atoms. The molecule has 3 rings (SSSR count). The number of urea groups is 1. The molecule has 3 aromatic rings. The Hall–Kier alpha value is -3.26. The maximum Gasteiger partial charge on any atom is 0.323 e. The molecular weight excluding hydrogens is 408 g/mol. The van der Waals surface area contributed by atoms with E-state index in [4.69, 9.17) is 0 Å². The highest BCUT2D eigenvalue weighted by atomic mass is 32.2. The topological polar surface area (TPSA) is 82.2 Å². The maximum absolute atomic E-state index is 12.3. The minimum Gasteiger partial charge on any atom is -0.357 e. The number of thioether (sulfide) groups is 1. The summed E-state index contributed by atoms with van der Waals surface area (Å²) in [5.41, 5.74) is 3.19. The molecule has 0 atom stereocenters. The Morgan fingerprint density at radius 3 is 2.29 bits per heavy atom. The van der Waals surface area contributed by atoms with Gasteiger partial charge in [-0.25, -0.2) is 9.78 Å². The summed E-state index contributed by atoms with van der Waals surface area (Å²) in [7, 11) is 0. The van der Waals surface area contributed by atoms with Crippen molar-refractivity contribution in [3.8, 4) is 0 Å². The Kier molecular flexibility index (Phi) is 7.72.